The van der Waals surface area contributed by atoms with Crippen molar-refractivity contribution in [3.8, 4) is 0 Å². The van der Waals surface area contributed by atoms with Crippen molar-refractivity contribution in [2.75, 3.05) is 0 Å². The summed E-state index contributed by atoms with van der Waals surface area (Å²) in [7, 11) is 0. The molecule has 5 heteroatoms. The zero-order chi connectivity index (χ0) is 16.7. The quantitative estimate of drug-likeness (QED) is 0.888. The minimum Gasteiger partial charge on any atom is -0.480 e. The molecule has 23 heavy (non-hydrogen) atoms. The molecule has 0 radical (unpaired) electrons. The van der Waals surface area contributed by atoms with Gasteiger partial charge in [0.2, 0.25) is 0 Å². The van der Waals surface area contributed by atoms with Crippen LogP contribution in [-0.2, 0) is 22.7 Å². The van der Waals surface area contributed by atoms with Crippen LogP contribution in [-0.4, -0.2) is 28.1 Å². The van der Waals surface area contributed by atoms with Crippen LogP contribution in [0.3, 0.4) is 0 Å². The van der Waals surface area contributed by atoms with E-state index in [1.807, 2.05) is 60.7 Å². The van der Waals surface area contributed by atoms with Crippen LogP contribution in [0.1, 0.15) is 18.1 Å². The van der Waals surface area contributed by atoms with Crippen molar-refractivity contribution in [3.63, 3.8) is 0 Å². The molecular formula is C18H19NO4. The molecule has 120 valence electrons. The van der Waals surface area contributed by atoms with Crippen molar-refractivity contribution in [1.82, 2.24) is 4.90 Å². The van der Waals surface area contributed by atoms with Crippen molar-refractivity contribution in [3.05, 3.63) is 71.8 Å². The highest BCUT2D eigenvalue weighted by Crippen LogP contribution is 2.12. The number of carboxylic acid groups (broad SMARTS) is 1. The predicted molar refractivity (Wildman–Crippen MR) is 85.7 cm³/mol. The van der Waals surface area contributed by atoms with Crippen LogP contribution in [0.2, 0.25) is 0 Å². The molecule has 0 aliphatic rings. The van der Waals surface area contributed by atoms with Crippen LogP contribution in [0.4, 0.5) is 4.79 Å². The van der Waals surface area contributed by atoms with Crippen LogP contribution < -0.4 is 0 Å². The smallest absolute Gasteiger partial charge is 0.411 e. The topological polar surface area (TPSA) is 66.8 Å². The number of rotatable bonds is 6. The first-order valence-electron chi connectivity index (χ1n) is 7.32. The average molecular weight is 313 g/mol. The Bertz CT molecular complexity index is 643. The first kappa shape index (κ1) is 16.5. The van der Waals surface area contributed by atoms with Crippen molar-refractivity contribution < 1.29 is 19.4 Å². The van der Waals surface area contributed by atoms with Gasteiger partial charge in [0.25, 0.3) is 0 Å². The van der Waals surface area contributed by atoms with Crippen LogP contribution in [0.15, 0.2) is 60.7 Å². The van der Waals surface area contributed by atoms with Gasteiger partial charge in [-0.2, -0.15) is 0 Å². The van der Waals surface area contributed by atoms with Gasteiger partial charge in [0.15, 0.2) is 0 Å². The largest absolute Gasteiger partial charge is 0.480 e. The number of aliphatic carboxylic acids is 1. The Balaban J connectivity index is 2.06. The van der Waals surface area contributed by atoms with Gasteiger partial charge in [0.05, 0.1) is 0 Å². The molecule has 1 amide bonds. The lowest BCUT2D eigenvalue weighted by Crippen LogP contribution is -2.43. The second-order valence-electron chi connectivity index (χ2n) is 5.17. The van der Waals surface area contributed by atoms with Crippen LogP contribution in [0, 0.1) is 0 Å². The Morgan fingerprint density at radius 2 is 1.52 bits per heavy atom. The Kier molecular flexibility index (Phi) is 5.74. The summed E-state index contributed by atoms with van der Waals surface area (Å²) in [6.07, 6.45) is -0.646. The number of hydrogen-bond donors (Lipinski definition) is 1. The fourth-order valence-electron chi connectivity index (χ4n) is 2.08. The molecule has 0 aliphatic heterocycles. The van der Waals surface area contributed by atoms with Gasteiger partial charge in [-0.15, -0.1) is 0 Å². The van der Waals surface area contributed by atoms with Gasteiger partial charge in [0, 0.05) is 6.54 Å². The summed E-state index contributed by atoms with van der Waals surface area (Å²) in [6, 6.07) is 17.5. The summed E-state index contributed by atoms with van der Waals surface area (Å²) in [5, 5.41) is 9.22. The van der Waals surface area contributed by atoms with Crippen LogP contribution in [0.25, 0.3) is 0 Å². The lowest BCUT2D eigenvalue weighted by molar-refractivity contribution is -0.142. The molecule has 5 nitrogen and oxygen atoms in total. The number of carboxylic acids is 1. The van der Waals surface area contributed by atoms with E-state index in [4.69, 9.17) is 4.74 Å². The normalized spacial score (nSPS) is 11.5. The predicted octanol–water partition coefficient (Wildman–Crippen LogP) is 3.30. The van der Waals surface area contributed by atoms with Gasteiger partial charge in [-0.3, -0.25) is 4.90 Å². The Morgan fingerprint density at radius 3 is 2.04 bits per heavy atom. The van der Waals surface area contributed by atoms with E-state index in [1.54, 1.807) is 0 Å². The number of hydrogen-bond acceptors (Lipinski definition) is 3. The van der Waals surface area contributed by atoms with Gasteiger partial charge >= 0.3 is 12.1 Å². The molecule has 0 saturated heterocycles. The highest BCUT2D eigenvalue weighted by molar-refractivity contribution is 5.79. The number of nitrogens with zero attached hydrogens (tertiary/aromatic N) is 1. The average Bonchev–Trinajstić information content (AvgIpc) is 2.58. The molecule has 0 spiro atoms. The SMILES string of the molecule is C[C@H](C(=O)O)N(Cc1ccccc1)C(=O)OCc1ccccc1. The molecule has 1 N–H and O–H groups in total. The van der Waals surface area contributed by atoms with Gasteiger partial charge < -0.3 is 9.84 Å². The van der Waals surface area contributed by atoms with Gasteiger partial charge in [-0.25, -0.2) is 9.59 Å². The zero-order valence-electron chi connectivity index (χ0n) is 12.9. The van der Waals surface area contributed by atoms with Gasteiger partial charge in [0.1, 0.15) is 12.6 Å². The molecule has 0 saturated carbocycles. The molecule has 0 aliphatic carbocycles. The fourth-order valence-corrected chi connectivity index (χ4v) is 2.08. The van der Waals surface area contributed by atoms with E-state index in [0.29, 0.717) is 0 Å². The van der Waals surface area contributed by atoms with Crippen molar-refractivity contribution in [2.24, 2.45) is 0 Å². The standard InChI is InChI=1S/C18H19NO4/c1-14(17(20)21)19(12-15-8-4-2-5-9-15)18(22)23-13-16-10-6-3-7-11-16/h2-11,14H,12-13H2,1H3,(H,20,21)/t14-/m1/s1. The molecular weight excluding hydrogens is 294 g/mol. The van der Waals surface area contributed by atoms with Crippen molar-refractivity contribution in [1.29, 1.82) is 0 Å². The third-order valence-electron chi connectivity index (χ3n) is 3.46. The monoisotopic (exact) mass is 313 g/mol. The van der Waals surface area contributed by atoms with E-state index in [-0.39, 0.29) is 13.2 Å². The first-order chi connectivity index (χ1) is 11.1. The summed E-state index contributed by atoms with van der Waals surface area (Å²) in [5.41, 5.74) is 1.70. The van der Waals surface area contributed by atoms with E-state index in [2.05, 4.69) is 0 Å². The lowest BCUT2D eigenvalue weighted by atomic mass is 10.2. The molecule has 0 unspecified atom stereocenters. The molecule has 0 fully saturated rings. The van der Waals surface area contributed by atoms with E-state index >= 15 is 0 Å². The molecule has 1 atom stereocenters. The summed E-state index contributed by atoms with van der Waals surface area (Å²) in [6.45, 7) is 1.76. The first-order valence-corrected chi connectivity index (χ1v) is 7.32. The number of amides is 1. The molecule has 0 heterocycles. The summed E-state index contributed by atoms with van der Waals surface area (Å²) >= 11 is 0. The molecule has 2 aromatic rings. The minimum atomic E-state index is -1.07. The van der Waals surface area contributed by atoms with Crippen molar-refractivity contribution in [2.45, 2.75) is 26.1 Å². The van der Waals surface area contributed by atoms with Crippen LogP contribution >= 0.6 is 0 Å². The highest BCUT2D eigenvalue weighted by atomic mass is 16.6. The number of carbonyl (C=O) groups is 2. The zero-order valence-corrected chi connectivity index (χ0v) is 12.9. The maximum atomic E-state index is 12.3. The van der Waals surface area contributed by atoms with Gasteiger partial charge in [-0.05, 0) is 18.1 Å². The second-order valence-corrected chi connectivity index (χ2v) is 5.17. The van der Waals surface area contributed by atoms with Gasteiger partial charge in [-0.1, -0.05) is 60.7 Å². The summed E-state index contributed by atoms with van der Waals surface area (Å²) in [5.74, 6) is -1.07. The van der Waals surface area contributed by atoms with Crippen LogP contribution in [0.5, 0.6) is 0 Å². The Hall–Kier alpha value is -2.82. The third-order valence-corrected chi connectivity index (χ3v) is 3.46. The third kappa shape index (κ3) is 4.85. The lowest BCUT2D eigenvalue weighted by Gasteiger charge is -2.25. The highest BCUT2D eigenvalue weighted by Gasteiger charge is 2.27. The van der Waals surface area contributed by atoms with E-state index < -0.39 is 18.1 Å². The maximum Gasteiger partial charge on any atom is 0.411 e. The van der Waals surface area contributed by atoms with Crippen molar-refractivity contribution >= 4 is 12.1 Å². The number of ether oxygens (including phenoxy) is 1. The van der Waals surface area contributed by atoms with E-state index in [0.717, 1.165) is 11.1 Å². The Morgan fingerprint density at radius 1 is 1.00 bits per heavy atom. The molecule has 0 bridgehead atoms. The molecule has 0 aromatic heterocycles. The summed E-state index contributed by atoms with van der Waals surface area (Å²) < 4.78 is 5.26. The number of carbonyl (C=O) groups excluding carboxylic acids is 1. The molecule has 2 rings (SSSR count). The second kappa shape index (κ2) is 7.98. The van der Waals surface area contributed by atoms with E-state index in [9.17, 15) is 14.7 Å². The molecule has 2 aromatic carbocycles. The minimum absolute atomic E-state index is 0.108. The maximum absolute atomic E-state index is 12.3. The summed E-state index contributed by atoms with van der Waals surface area (Å²) in [4.78, 5) is 24.8. The Labute approximate surface area is 135 Å². The van der Waals surface area contributed by atoms with E-state index in [1.165, 1.54) is 11.8 Å². The fraction of sp³-hybridized carbons (Fsp3) is 0.222. The number of benzene rings is 2.